The molecule has 0 bridgehead atoms. The first-order chi connectivity index (χ1) is 9.74. The predicted octanol–water partition coefficient (Wildman–Crippen LogP) is 3.35. The van der Waals surface area contributed by atoms with E-state index in [2.05, 4.69) is 15.6 Å². The van der Waals surface area contributed by atoms with E-state index >= 15 is 0 Å². The van der Waals surface area contributed by atoms with E-state index in [0.29, 0.717) is 16.4 Å². The van der Waals surface area contributed by atoms with Crippen LogP contribution in [0, 0.1) is 0 Å². The van der Waals surface area contributed by atoms with E-state index in [1.165, 1.54) is 6.20 Å². The molecule has 1 aliphatic heterocycles. The van der Waals surface area contributed by atoms with Crippen molar-refractivity contribution in [1.82, 2.24) is 4.98 Å². The number of pyridine rings is 1. The number of nitrogens with zero attached hydrogens (tertiary/aromatic N) is 1. The van der Waals surface area contributed by atoms with Gasteiger partial charge in [0.25, 0.3) is 5.91 Å². The molecule has 0 aliphatic carbocycles. The van der Waals surface area contributed by atoms with Crippen LogP contribution >= 0.6 is 11.6 Å². The maximum Gasteiger partial charge on any atom is 0.257 e. The minimum atomic E-state index is -0.139. The Morgan fingerprint density at radius 1 is 1.30 bits per heavy atom. The molecule has 0 atom stereocenters. The SMILES string of the molecule is O=C(Nc1ccc(Cl)cn1)c1cccc2c1CCCN2. The summed E-state index contributed by atoms with van der Waals surface area (Å²) in [5, 5.41) is 6.66. The summed E-state index contributed by atoms with van der Waals surface area (Å²) in [7, 11) is 0. The highest BCUT2D eigenvalue weighted by atomic mass is 35.5. The summed E-state index contributed by atoms with van der Waals surface area (Å²) in [5.41, 5.74) is 2.82. The highest BCUT2D eigenvalue weighted by Gasteiger charge is 2.17. The van der Waals surface area contributed by atoms with Crippen LogP contribution in [0.4, 0.5) is 11.5 Å². The highest BCUT2D eigenvalue weighted by Crippen LogP contribution is 2.25. The molecule has 1 aromatic carbocycles. The Labute approximate surface area is 122 Å². The van der Waals surface area contributed by atoms with Gasteiger partial charge < -0.3 is 10.6 Å². The van der Waals surface area contributed by atoms with Crippen LogP contribution in [0.1, 0.15) is 22.3 Å². The normalized spacial score (nSPS) is 13.2. The van der Waals surface area contributed by atoms with Crippen LogP contribution < -0.4 is 10.6 Å². The lowest BCUT2D eigenvalue weighted by molar-refractivity contribution is 0.102. The number of halogens is 1. The van der Waals surface area contributed by atoms with E-state index in [4.69, 9.17) is 11.6 Å². The Hall–Kier alpha value is -2.07. The maximum absolute atomic E-state index is 12.4. The molecule has 1 aliphatic rings. The molecular weight excluding hydrogens is 274 g/mol. The molecule has 102 valence electrons. The predicted molar refractivity (Wildman–Crippen MR) is 80.5 cm³/mol. The van der Waals surface area contributed by atoms with Crippen LogP contribution in [0.5, 0.6) is 0 Å². The molecule has 4 nitrogen and oxygen atoms in total. The number of amides is 1. The minimum Gasteiger partial charge on any atom is -0.385 e. The van der Waals surface area contributed by atoms with Gasteiger partial charge in [0.2, 0.25) is 0 Å². The van der Waals surface area contributed by atoms with Crippen LogP contribution in [0.15, 0.2) is 36.5 Å². The number of aromatic nitrogens is 1. The van der Waals surface area contributed by atoms with Crippen LogP contribution in [-0.2, 0) is 6.42 Å². The number of carbonyl (C=O) groups is 1. The fraction of sp³-hybridized carbons (Fsp3) is 0.200. The van der Waals surface area contributed by atoms with Gasteiger partial charge in [-0.3, -0.25) is 4.79 Å². The van der Waals surface area contributed by atoms with Gasteiger partial charge in [0.05, 0.1) is 5.02 Å². The summed E-state index contributed by atoms with van der Waals surface area (Å²) >= 11 is 5.78. The van der Waals surface area contributed by atoms with Gasteiger partial charge >= 0.3 is 0 Å². The van der Waals surface area contributed by atoms with Gasteiger partial charge in [0, 0.05) is 24.0 Å². The monoisotopic (exact) mass is 287 g/mol. The van der Waals surface area contributed by atoms with Crippen molar-refractivity contribution < 1.29 is 4.79 Å². The van der Waals surface area contributed by atoms with Crippen LogP contribution in [0.25, 0.3) is 0 Å². The van der Waals surface area contributed by atoms with Crippen LogP contribution in [-0.4, -0.2) is 17.4 Å². The lowest BCUT2D eigenvalue weighted by Gasteiger charge is -2.20. The highest BCUT2D eigenvalue weighted by molar-refractivity contribution is 6.30. The Morgan fingerprint density at radius 2 is 2.20 bits per heavy atom. The van der Waals surface area contributed by atoms with E-state index in [1.54, 1.807) is 12.1 Å². The largest absolute Gasteiger partial charge is 0.385 e. The molecule has 0 fully saturated rings. The van der Waals surface area contributed by atoms with Crippen molar-refractivity contribution in [3.05, 3.63) is 52.7 Å². The molecule has 2 N–H and O–H groups in total. The first-order valence-corrected chi connectivity index (χ1v) is 6.90. The van der Waals surface area contributed by atoms with Crippen LogP contribution in [0.2, 0.25) is 5.02 Å². The lowest BCUT2D eigenvalue weighted by Crippen LogP contribution is -2.19. The molecule has 0 saturated heterocycles. The average Bonchev–Trinajstić information content (AvgIpc) is 2.49. The van der Waals surface area contributed by atoms with Crippen molar-refractivity contribution in [3.63, 3.8) is 0 Å². The molecular formula is C15H14ClN3O. The van der Waals surface area contributed by atoms with Gasteiger partial charge in [0.15, 0.2) is 0 Å². The van der Waals surface area contributed by atoms with Gasteiger partial charge in [-0.05, 0) is 42.7 Å². The van der Waals surface area contributed by atoms with Crippen molar-refractivity contribution in [2.45, 2.75) is 12.8 Å². The molecule has 2 aromatic rings. The molecule has 3 rings (SSSR count). The minimum absolute atomic E-state index is 0.139. The number of fused-ring (bicyclic) bond motifs is 1. The Balaban J connectivity index is 1.85. The Kier molecular flexibility index (Phi) is 3.56. The molecule has 1 amide bonds. The van der Waals surface area contributed by atoms with Crippen molar-refractivity contribution in [3.8, 4) is 0 Å². The van der Waals surface area contributed by atoms with E-state index < -0.39 is 0 Å². The number of anilines is 2. The second kappa shape index (κ2) is 5.51. The smallest absolute Gasteiger partial charge is 0.257 e. The van der Waals surface area contributed by atoms with E-state index in [-0.39, 0.29) is 5.91 Å². The van der Waals surface area contributed by atoms with Gasteiger partial charge in [0.1, 0.15) is 5.82 Å². The number of rotatable bonds is 2. The van der Waals surface area contributed by atoms with Crippen molar-refractivity contribution in [2.75, 3.05) is 17.2 Å². The zero-order chi connectivity index (χ0) is 13.9. The molecule has 0 radical (unpaired) electrons. The van der Waals surface area contributed by atoms with Crippen molar-refractivity contribution >= 4 is 29.0 Å². The summed E-state index contributed by atoms with van der Waals surface area (Å²) in [6.45, 7) is 0.955. The van der Waals surface area contributed by atoms with Gasteiger partial charge in [-0.25, -0.2) is 4.98 Å². The molecule has 0 unspecified atom stereocenters. The van der Waals surface area contributed by atoms with E-state index in [0.717, 1.165) is 30.6 Å². The van der Waals surface area contributed by atoms with E-state index in [1.807, 2.05) is 18.2 Å². The molecule has 5 heteroatoms. The standard InChI is InChI=1S/C15H14ClN3O/c16-10-6-7-14(18-9-10)19-15(20)12-3-1-5-13-11(12)4-2-8-17-13/h1,3,5-7,9,17H,2,4,8H2,(H,18,19,20). The Bertz CT molecular complexity index is 640. The summed E-state index contributed by atoms with van der Waals surface area (Å²) in [6.07, 6.45) is 3.47. The van der Waals surface area contributed by atoms with Crippen molar-refractivity contribution in [2.24, 2.45) is 0 Å². The topological polar surface area (TPSA) is 54.0 Å². The first kappa shape index (κ1) is 12.9. The average molecular weight is 288 g/mol. The zero-order valence-electron chi connectivity index (χ0n) is 10.8. The third-order valence-electron chi connectivity index (χ3n) is 3.31. The lowest BCUT2D eigenvalue weighted by atomic mass is 9.97. The fourth-order valence-electron chi connectivity index (χ4n) is 2.36. The summed E-state index contributed by atoms with van der Waals surface area (Å²) in [6, 6.07) is 9.13. The molecule has 0 saturated carbocycles. The number of hydrogen-bond acceptors (Lipinski definition) is 3. The second-order valence-electron chi connectivity index (χ2n) is 4.68. The fourth-order valence-corrected chi connectivity index (χ4v) is 2.47. The quantitative estimate of drug-likeness (QED) is 0.891. The number of nitrogens with one attached hydrogen (secondary N) is 2. The van der Waals surface area contributed by atoms with E-state index in [9.17, 15) is 4.79 Å². The number of benzene rings is 1. The summed E-state index contributed by atoms with van der Waals surface area (Å²) < 4.78 is 0. The third-order valence-corrected chi connectivity index (χ3v) is 3.53. The maximum atomic E-state index is 12.4. The van der Waals surface area contributed by atoms with Gasteiger partial charge in [-0.1, -0.05) is 17.7 Å². The van der Waals surface area contributed by atoms with Gasteiger partial charge in [-0.15, -0.1) is 0 Å². The third kappa shape index (κ3) is 2.60. The molecule has 0 spiro atoms. The van der Waals surface area contributed by atoms with Gasteiger partial charge in [-0.2, -0.15) is 0 Å². The molecule has 1 aromatic heterocycles. The summed E-state index contributed by atoms with van der Waals surface area (Å²) in [4.78, 5) is 16.4. The zero-order valence-corrected chi connectivity index (χ0v) is 11.6. The van der Waals surface area contributed by atoms with Crippen molar-refractivity contribution in [1.29, 1.82) is 0 Å². The number of carbonyl (C=O) groups excluding carboxylic acids is 1. The summed E-state index contributed by atoms with van der Waals surface area (Å²) in [5.74, 6) is 0.362. The number of hydrogen-bond donors (Lipinski definition) is 2. The Morgan fingerprint density at radius 3 is 3.00 bits per heavy atom. The second-order valence-corrected chi connectivity index (χ2v) is 5.11. The first-order valence-electron chi connectivity index (χ1n) is 6.53. The van der Waals surface area contributed by atoms with Crippen LogP contribution in [0.3, 0.4) is 0 Å². The molecule has 2 heterocycles. The molecule has 20 heavy (non-hydrogen) atoms.